The molecule has 0 heterocycles. The summed E-state index contributed by atoms with van der Waals surface area (Å²) >= 11 is 14.1. The van der Waals surface area contributed by atoms with Crippen LogP contribution in [0.25, 0.3) is 22.3 Å². The van der Waals surface area contributed by atoms with Gasteiger partial charge in [-0.3, -0.25) is 0 Å². The largest absolute Gasteiger partial charge is 0.113 e. The van der Waals surface area contributed by atoms with Crippen molar-refractivity contribution in [1.29, 1.82) is 0 Å². The summed E-state index contributed by atoms with van der Waals surface area (Å²) in [4.78, 5) is 0. The quantitative estimate of drug-likeness (QED) is 0.186. The van der Waals surface area contributed by atoms with Gasteiger partial charge in [0, 0.05) is 25.8 Å². The maximum Gasteiger partial charge on any atom is 0.0891 e. The van der Waals surface area contributed by atoms with Crippen LogP contribution in [0.3, 0.4) is 0 Å². The molecule has 2 atom stereocenters. The Balaban J connectivity index is 0.00000216. The van der Waals surface area contributed by atoms with E-state index in [0.717, 1.165) is 0 Å². The van der Waals surface area contributed by atoms with Crippen molar-refractivity contribution in [2.75, 3.05) is 0 Å². The van der Waals surface area contributed by atoms with Gasteiger partial charge in [-0.2, -0.15) is 0 Å². The fraction of sp³-hybridized carbons (Fsp3) is 0.143. The van der Waals surface area contributed by atoms with Gasteiger partial charge in [0.25, 0.3) is 0 Å². The molecule has 0 spiro atoms. The van der Waals surface area contributed by atoms with Crippen LogP contribution in [0.15, 0.2) is 72.8 Å². The van der Waals surface area contributed by atoms with Crippen molar-refractivity contribution in [2.24, 2.45) is 0 Å². The first-order valence-electron chi connectivity index (χ1n) is 10.8. The van der Waals surface area contributed by atoms with Gasteiger partial charge in [0.15, 0.2) is 0 Å². The average Bonchev–Trinajstić information content (AvgIpc) is 3.24. The number of fused-ring (bicyclic) bond motifs is 6. The molecule has 0 aromatic heterocycles. The molecule has 0 amide bonds. The normalized spacial score (nSPS) is 17.6. The predicted molar refractivity (Wildman–Crippen MR) is 136 cm³/mol. The third kappa shape index (κ3) is 3.18. The summed E-state index contributed by atoms with van der Waals surface area (Å²) in [5, 5.41) is 2.80. The fourth-order valence-corrected chi connectivity index (χ4v) is 8.93. The smallest absolute Gasteiger partial charge is 0.0891 e. The van der Waals surface area contributed by atoms with E-state index in [2.05, 4.69) is 86.6 Å². The van der Waals surface area contributed by atoms with E-state index in [0.29, 0.717) is 0 Å². The van der Waals surface area contributed by atoms with Crippen molar-refractivity contribution in [2.45, 2.75) is 24.6 Å². The minimum Gasteiger partial charge on any atom is -0.113 e. The van der Waals surface area contributed by atoms with E-state index in [9.17, 15) is 0 Å². The molecule has 0 radical (unpaired) electrons. The molecule has 156 valence electrons. The molecule has 4 aromatic carbocycles. The number of hydrogen-bond donors (Lipinski definition) is 0. The third-order valence-corrected chi connectivity index (χ3v) is 10.6. The van der Waals surface area contributed by atoms with E-state index in [4.69, 9.17) is 23.2 Å². The third-order valence-electron chi connectivity index (χ3n) is 7.09. The van der Waals surface area contributed by atoms with Crippen LogP contribution in [0, 0.1) is 13.8 Å². The molecule has 0 fully saturated rings. The molecule has 0 saturated heterocycles. The van der Waals surface area contributed by atoms with E-state index in [1.807, 2.05) is 0 Å². The Morgan fingerprint density at radius 1 is 0.562 bits per heavy atom. The summed E-state index contributed by atoms with van der Waals surface area (Å²) in [5.41, 5.74) is 13.0. The molecule has 2 unspecified atom stereocenters. The van der Waals surface area contributed by atoms with E-state index >= 15 is 0 Å². The van der Waals surface area contributed by atoms with Crippen LogP contribution < -0.4 is 10.4 Å². The van der Waals surface area contributed by atoms with Crippen LogP contribution in [-0.2, 0) is 25.8 Å². The standard InChI is InChI=1S/C28H22Cl2Si.Hf/c1-15-11-13-19-17-7-3-5-9-21(17)25(29)23(19)27(15)31-28-16(2)12-14-20-18-8-4-6-10-22(18)26(30)24(20)28;/h3-14,25-26H,31H2,1-2H3;. The van der Waals surface area contributed by atoms with Gasteiger partial charge in [-0.1, -0.05) is 94.3 Å². The second kappa shape index (κ2) is 8.40. The summed E-state index contributed by atoms with van der Waals surface area (Å²) in [5.74, 6) is 0. The van der Waals surface area contributed by atoms with Gasteiger partial charge in [-0.25, -0.2) is 0 Å². The Bertz CT molecular complexity index is 1270. The van der Waals surface area contributed by atoms with Gasteiger partial charge < -0.3 is 0 Å². The van der Waals surface area contributed by atoms with E-state index < -0.39 is 9.52 Å². The summed E-state index contributed by atoms with van der Waals surface area (Å²) in [6.45, 7) is 4.47. The average molecular weight is 636 g/mol. The SMILES string of the molecule is Cc1ccc2c(c1[SiH2]c1c(C)ccc3c1C(Cl)c1ccccc1-3)C(Cl)c1ccccc1-2.[Hf]. The Labute approximate surface area is 220 Å². The molecular weight excluding hydrogens is 614 g/mol. The molecule has 4 aromatic rings. The van der Waals surface area contributed by atoms with Gasteiger partial charge in [0.1, 0.15) is 0 Å². The summed E-state index contributed by atoms with van der Waals surface area (Å²) in [6.07, 6.45) is 0. The summed E-state index contributed by atoms with van der Waals surface area (Å²) in [6, 6.07) is 26.2. The van der Waals surface area contributed by atoms with Crippen molar-refractivity contribution in [3.63, 3.8) is 0 Å². The van der Waals surface area contributed by atoms with Crippen molar-refractivity contribution in [1.82, 2.24) is 0 Å². The van der Waals surface area contributed by atoms with Crippen LogP contribution in [0.2, 0.25) is 0 Å². The molecular formula is C28H22Cl2HfSi. The monoisotopic (exact) mass is 636 g/mol. The van der Waals surface area contributed by atoms with Gasteiger partial charge in [-0.05, 0) is 58.4 Å². The minimum absolute atomic E-state index is 0. The zero-order valence-electron chi connectivity index (χ0n) is 18.0. The van der Waals surface area contributed by atoms with Crippen LogP contribution in [0.1, 0.15) is 44.1 Å². The number of hydrogen-bond acceptors (Lipinski definition) is 0. The molecule has 2 aliphatic rings. The molecule has 0 aliphatic heterocycles. The molecule has 6 rings (SSSR count). The Morgan fingerprint density at radius 3 is 1.41 bits per heavy atom. The number of halogens is 2. The Hall–Kier alpha value is -1.45. The number of aryl methyl sites for hydroxylation is 2. The van der Waals surface area contributed by atoms with Gasteiger partial charge in [0.05, 0.1) is 20.3 Å². The van der Waals surface area contributed by atoms with E-state index in [1.54, 1.807) is 0 Å². The van der Waals surface area contributed by atoms with Gasteiger partial charge in [-0.15, -0.1) is 23.2 Å². The summed E-state index contributed by atoms with van der Waals surface area (Å²) in [7, 11) is -0.797. The first kappa shape index (κ1) is 22.3. The molecule has 2 aliphatic carbocycles. The second-order valence-electron chi connectivity index (χ2n) is 8.72. The van der Waals surface area contributed by atoms with Crippen LogP contribution >= 0.6 is 23.2 Å². The van der Waals surface area contributed by atoms with Gasteiger partial charge in [0.2, 0.25) is 0 Å². The van der Waals surface area contributed by atoms with Crippen molar-refractivity contribution in [3.8, 4) is 22.3 Å². The first-order valence-corrected chi connectivity index (χ1v) is 13.1. The Morgan fingerprint density at radius 2 is 0.969 bits per heavy atom. The number of benzene rings is 4. The second-order valence-corrected chi connectivity index (χ2v) is 11.4. The molecule has 0 nitrogen and oxygen atoms in total. The van der Waals surface area contributed by atoms with Gasteiger partial charge >= 0.3 is 0 Å². The maximum absolute atomic E-state index is 7.07. The zero-order chi connectivity index (χ0) is 21.3. The molecule has 32 heavy (non-hydrogen) atoms. The maximum atomic E-state index is 7.07. The minimum atomic E-state index is -0.797. The van der Waals surface area contributed by atoms with E-state index in [1.165, 1.54) is 66.0 Å². The molecule has 4 heteroatoms. The van der Waals surface area contributed by atoms with Crippen LogP contribution in [0.4, 0.5) is 0 Å². The van der Waals surface area contributed by atoms with E-state index in [-0.39, 0.29) is 36.6 Å². The molecule has 0 N–H and O–H groups in total. The predicted octanol–water partition coefficient (Wildman–Crippen LogP) is 6.04. The number of alkyl halides is 2. The van der Waals surface area contributed by atoms with Crippen molar-refractivity contribution >= 4 is 43.1 Å². The topological polar surface area (TPSA) is 0 Å². The van der Waals surface area contributed by atoms with Crippen molar-refractivity contribution < 1.29 is 25.8 Å². The number of rotatable bonds is 2. The Kier molecular flexibility index (Phi) is 5.86. The van der Waals surface area contributed by atoms with Crippen molar-refractivity contribution in [3.05, 3.63) is 106 Å². The molecule has 0 bridgehead atoms. The molecule has 0 saturated carbocycles. The summed E-state index contributed by atoms with van der Waals surface area (Å²) < 4.78 is 0. The fourth-order valence-electron chi connectivity index (χ4n) is 5.48. The zero-order valence-corrected chi connectivity index (χ0v) is 24.6. The van der Waals surface area contributed by atoms with Crippen LogP contribution in [0.5, 0.6) is 0 Å². The first-order chi connectivity index (χ1) is 15.1. The van der Waals surface area contributed by atoms with Crippen LogP contribution in [-0.4, -0.2) is 9.52 Å².